The molecule has 1 fully saturated rings. The lowest BCUT2D eigenvalue weighted by molar-refractivity contribution is -0.286. The van der Waals surface area contributed by atoms with Crippen LogP contribution in [0.25, 0.3) is 5.57 Å². The van der Waals surface area contributed by atoms with Crippen molar-refractivity contribution in [3.63, 3.8) is 0 Å². The summed E-state index contributed by atoms with van der Waals surface area (Å²) >= 11 is 0. The normalized spacial score (nSPS) is 16.5. The number of fused-ring (bicyclic) bond motifs is 1. The highest BCUT2D eigenvalue weighted by molar-refractivity contribution is 7.89. The van der Waals surface area contributed by atoms with Gasteiger partial charge in [0.25, 0.3) is 10.0 Å². The van der Waals surface area contributed by atoms with Gasteiger partial charge in [0.1, 0.15) is 11.6 Å². The summed E-state index contributed by atoms with van der Waals surface area (Å²) in [6, 6.07) is 15.7. The molecule has 0 radical (unpaired) electrons. The molecule has 0 saturated carbocycles. The third-order valence-electron chi connectivity index (χ3n) is 7.20. The second-order valence-electron chi connectivity index (χ2n) is 9.95. The van der Waals surface area contributed by atoms with Crippen LogP contribution in [0.15, 0.2) is 83.4 Å². The van der Waals surface area contributed by atoms with Gasteiger partial charge >= 0.3 is 6.29 Å². The maximum atomic E-state index is 13.6. The fraction of sp³-hybridized carbons (Fsp3) is 0.241. The summed E-state index contributed by atoms with van der Waals surface area (Å²) in [4.78, 5) is 1.93. The lowest BCUT2D eigenvalue weighted by atomic mass is 9.88. The van der Waals surface area contributed by atoms with E-state index in [1.807, 2.05) is 0 Å². The Hall–Kier alpha value is -4.23. The first-order valence-electron chi connectivity index (χ1n) is 13.1. The lowest BCUT2D eigenvalue weighted by Crippen LogP contribution is -2.33. The van der Waals surface area contributed by atoms with E-state index in [0.29, 0.717) is 22.7 Å². The molecule has 0 bridgehead atoms. The van der Waals surface area contributed by atoms with Crippen LogP contribution >= 0.6 is 0 Å². The van der Waals surface area contributed by atoms with Gasteiger partial charge in [0, 0.05) is 32.1 Å². The predicted molar refractivity (Wildman–Crippen MR) is 143 cm³/mol. The molecule has 2 aliphatic heterocycles. The van der Waals surface area contributed by atoms with Gasteiger partial charge in [-0.05, 0) is 65.9 Å². The maximum Gasteiger partial charge on any atom is 0.586 e. The van der Waals surface area contributed by atoms with Crippen molar-refractivity contribution in [2.24, 2.45) is 0 Å². The molecule has 6 rings (SSSR count). The smallest absolute Gasteiger partial charge is 0.395 e. The summed E-state index contributed by atoms with van der Waals surface area (Å²) in [7, 11) is -4.20. The van der Waals surface area contributed by atoms with Crippen LogP contribution < -0.4 is 9.47 Å². The SMILES string of the molecule is O=S(=O)(c1ccc2c(c1)OC(F)(F)O2)n1cc(CCN2CCC(=C(c3ccc(F)cc3)c3ccc(F)cc3)CC2)nn1. The van der Waals surface area contributed by atoms with Gasteiger partial charge in [-0.1, -0.05) is 35.1 Å². The minimum Gasteiger partial charge on any atom is -0.395 e. The molecule has 0 spiro atoms. The standard InChI is InChI=1S/C29H24F4N4O4S/c30-22-5-1-19(2-6-22)28(20-3-7-23(31)8-4-20)21-11-14-36(15-12-21)16-13-24-18-37(35-34-24)42(38,39)25-9-10-26-27(17-25)41-29(32,33)40-26/h1-10,17-18H,11-16H2. The third-order valence-corrected chi connectivity index (χ3v) is 8.72. The van der Waals surface area contributed by atoms with E-state index < -0.39 is 16.3 Å². The molecule has 218 valence electrons. The maximum absolute atomic E-state index is 13.6. The summed E-state index contributed by atoms with van der Waals surface area (Å²) < 4.78 is 89.2. The summed E-state index contributed by atoms with van der Waals surface area (Å²) in [6.45, 7) is 2.07. The van der Waals surface area contributed by atoms with E-state index in [4.69, 9.17) is 0 Å². The van der Waals surface area contributed by atoms with E-state index in [2.05, 4.69) is 24.7 Å². The van der Waals surface area contributed by atoms with Crippen molar-refractivity contribution in [1.29, 1.82) is 0 Å². The zero-order chi connectivity index (χ0) is 29.5. The van der Waals surface area contributed by atoms with Gasteiger partial charge in [-0.2, -0.15) is 8.42 Å². The number of rotatable bonds is 7. The Labute approximate surface area is 238 Å². The molecule has 2 aliphatic rings. The number of likely N-dealkylation sites (tertiary alicyclic amines) is 1. The zero-order valence-electron chi connectivity index (χ0n) is 22.0. The van der Waals surface area contributed by atoms with Crippen molar-refractivity contribution in [3.8, 4) is 11.5 Å². The van der Waals surface area contributed by atoms with Crippen LogP contribution in [0.5, 0.6) is 11.5 Å². The monoisotopic (exact) mass is 600 g/mol. The summed E-state index contributed by atoms with van der Waals surface area (Å²) in [5.74, 6) is -1.31. The van der Waals surface area contributed by atoms with Gasteiger partial charge in [0.15, 0.2) is 11.5 Å². The van der Waals surface area contributed by atoms with Gasteiger partial charge < -0.3 is 14.4 Å². The first-order chi connectivity index (χ1) is 20.1. The van der Waals surface area contributed by atoms with Gasteiger partial charge in [-0.15, -0.1) is 18.0 Å². The van der Waals surface area contributed by atoms with Gasteiger partial charge in [0.05, 0.1) is 16.8 Å². The molecule has 3 heterocycles. The third kappa shape index (κ3) is 5.74. The van der Waals surface area contributed by atoms with E-state index in [0.717, 1.165) is 60.8 Å². The molecular formula is C29H24F4N4O4S. The van der Waals surface area contributed by atoms with E-state index in [9.17, 15) is 26.0 Å². The van der Waals surface area contributed by atoms with Gasteiger partial charge in [-0.3, -0.25) is 0 Å². The number of ether oxygens (including phenoxy) is 2. The number of benzene rings is 3. The second kappa shape index (κ2) is 10.9. The molecular weight excluding hydrogens is 576 g/mol. The average molecular weight is 601 g/mol. The summed E-state index contributed by atoms with van der Waals surface area (Å²) in [5, 5.41) is 7.73. The van der Waals surface area contributed by atoms with E-state index in [1.54, 1.807) is 24.3 Å². The van der Waals surface area contributed by atoms with Crippen LogP contribution in [-0.4, -0.2) is 53.6 Å². The summed E-state index contributed by atoms with van der Waals surface area (Å²) in [5.41, 5.74) is 4.32. The second-order valence-corrected chi connectivity index (χ2v) is 11.7. The van der Waals surface area contributed by atoms with Crippen LogP contribution in [0.3, 0.4) is 0 Å². The fourth-order valence-corrected chi connectivity index (χ4v) is 6.19. The van der Waals surface area contributed by atoms with E-state index in [-0.39, 0.29) is 28.0 Å². The van der Waals surface area contributed by atoms with Crippen LogP contribution in [0.1, 0.15) is 29.7 Å². The topological polar surface area (TPSA) is 86.6 Å². The van der Waals surface area contributed by atoms with E-state index >= 15 is 0 Å². The van der Waals surface area contributed by atoms with Crippen LogP contribution in [0.2, 0.25) is 0 Å². The van der Waals surface area contributed by atoms with Crippen molar-refractivity contribution in [2.45, 2.75) is 30.5 Å². The minimum atomic E-state index is -4.20. The molecule has 0 unspecified atom stereocenters. The first-order valence-corrected chi connectivity index (χ1v) is 14.5. The quantitative estimate of drug-likeness (QED) is 0.268. The Morgan fingerprint density at radius 2 is 1.45 bits per heavy atom. The molecule has 1 saturated heterocycles. The molecule has 0 atom stereocenters. The largest absolute Gasteiger partial charge is 0.586 e. The fourth-order valence-electron chi connectivity index (χ4n) is 5.09. The molecule has 13 heteroatoms. The average Bonchev–Trinajstić information content (AvgIpc) is 3.57. The lowest BCUT2D eigenvalue weighted by Gasteiger charge is -2.30. The number of alkyl halides is 2. The van der Waals surface area contributed by atoms with E-state index in [1.165, 1.54) is 36.0 Å². The Morgan fingerprint density at radius 1 is 0.857 bits per heavy atom. The Balaban J connectivity index is 1.12. The number of nitrogens with zero attached hydrogens (tertiary/aromatic N) is 4. The number of halogens is 4. The molecule has 1 aromatic heterocycles. The van der Waals surface area contributed by atoms with Gasteiger partial charge in [0.2, 0.25) is 0 Å². The predicted octanol–water partition coefficient (Wildman–Crippen LogP) is 5.26. The Kier molecular flexibility index (Phi) is 7.23. The number of hydrogen-bond acceptors (Lipinski definition) is 7. The molecule has 8 nitrogen and oxygen atoms in total. The van der Waals surface area contributed by atoms with Crippen molar-refractivity contribution in [2.75, 3.05) is 19.6 Å². The number of aromatic nitrogens is 3. The Morgan fingerprint density at radius 3 is 2.07 bits per heavy atom. The highest BCUT2D eigenvalue weighted by atomic mass is 32.2. The van der Waals surface area contributed by atoms with Crippen molar-refractivity contribution in [3.05, 3.63) is 107 Å². The summed E-state index contributed by atoms with van der Waals surface area (Å²) in [6.07, 6.45) is -0.641. The van der Waals surface area contributed by atoms with Crippen molar-refractivity contribution in [1.82, 2.24) is 19.3 Å². The molecule has 0 aliphatic carbocycles. The molecule has 0 amide bonds. The molecule has 0 N–H and O–H groups in total. The van der Waals surface area contributed by atoms with Crippen LogP contribution in [-0.2, 0) is 16.4 Å². The molecule has 3 aromatic carbocycles. The first kappa shape index (κ1) is 27.9. The highest BCUT2D eigenvalue weighted by Gasteiger charge is 2.44. The zero-order valence-corrected chi connectivity index (χ0v) is 22.8. The van der Waals surface area contributed by atoms with Crippen molar-refractivity contribution < 1.29 is 35.5 Å². The molecule has 4 aromatic rings. The van der Waals surface area contributed by atoms with Crippen molar-refractivity contribution >= 4 is 15.6 Å². The van der Waals surface area contributed by atoms with Crippen LogP contribution in [0, 0.1) is 11.6 Å². The number of hydrogen-bond donors (Lipinski definition) is 0. The number of piperidine rings is 1. The molecule has 42 heavy (non-hydrogen) atoms. The van der Waals surface area contributed by atoms with Crippen LogP contribution in [0.4, 0.5) is 17.6 Å². The Bertz CT molecular complexity index is 1700. The minimum absolute atomic E-state index is 0.264. The van der Waals surface area contributed by atoms with Gasteiger partial charge in [-0.25, -0.2) is 8.78 Å². The highest BCUT2D eigenvalue weighted by Crippen LogP contribution is 2.42.